The molecule has 6 nitrogen and oxygen atoms in total. The molecule has 0 bridgehead atoms. The van der Waals surface area contributed by atoms with Gasteiger partial charge in [-0.1, -0.05) is 85.6 Å². The van der Waals surface area contributed by atoms with Gasteiger partial charge in [0, 0.05) is 24.7 Å². The largest absolute Gasteiger partial charge is 0.378 e. The molecular weight excluding hydrogens is 486 g/mol. The summed E-state index contributed by atoms with van der Waals surface area (Å²) < 4.78 is 5.47. The first kappa shape index (κ1) is 26.9. The highest BCUT2D eigenvalue weighted by atomic mass is 16.5. The van der Waals surface area contributed by atoms with Crippen LogP contribution < -0.4 is 10.2 Å². The zero-order valence-corrected chi connectivity index (χ0v) is 22.8. The van der Waals surface area contributed by atoms with Crippen molar-refractivity contribution in [3.8, 4) is 0 Å². The Kier molecular flexibility index (Phi) is 8.94. The molecule has 1 N–H and O–H groups in total. The second-order valence-corrected chi connectivity index (χ2v) is 10.7. The Hall–Kier alpha value is -3.64. The summed E-state index contributed by atoms with van der Waals surface area (Å²) in [6, 6.07) is 28.5. The minimum absolute atomic E-state index is 0.000256. The molecule has 2 aliphatic rings. The maximum Gasteiger partial charge on any atom is 0.324 e. The molecule has 3 amide bonds. The summed E-state index contributed by atoms with van der Waals surface area (Å²) >= 11 is 0. The molecule has 204 valence electrons. The lowest BCUT2D eigenvalue weighted by Gasteiger charge is -2.34. The summed E-state index contributed by atoms with van der Waals surface area (Å²) in [6.45, 7) is 4.86. The van der Waals surface area contributed by atoms with Gasteiger partial charge in [-0.2, -0.15) is 0 Å². The molecule has 2 unspecified atom stereocenters. The van der Waals surface area contributed by atoms with E-state index in [4.69, 9.17) is 4.74 Å². The van der Waals surface area contributed by atoms with Crippen LogP contribution in [0.5, 0.6) is 0 Å². The van der Waals surface area contributed by atoms with Crippen LogP contribution >= 0.6 is 0 Å². The Morgan fingerprint density at radius 3 is 2.36 bits per heavy atom. The molecule has 39 heavy (non-hydrogen) atoms. The van der Waals surface area contributed by atoms with Crippen molar-refractivity contribution in [2.45, 2.75) is 51.1 Å². The minimum atomic E-state index is -0.0552. The summed E-state index contributed by atoms with van der Waals surface area (Å²) in [5.74, 6) is 0.247. The summed E-state index contributed by atoms with van der Waals surface area (Å²) in [5, 5.41) is 3.28. The molecule has 6 heteroatoms. The van der Waals surface area contributed by atoms with Crippen LogP contribution in [0.1, 0.15) is 61.3 Å². The van der Waals surface area contributed by atoms with E-state index in [9.17, 15) is 9.59 Å². The average Bonchev–Trinajstić information content (AvgIpc) is 3.01. The molecule has 3 atom stereocenters. The fourth-order valence-electron chi connectivity index (χ4n) is 5.90. The van der Waals surface area contributed by atoms with Crippen LogP contribution in [0.3, 0.4) is 0 Å². The molecular formula is C33H39N3O3. The molecule has 0 aromatic heterocycles. The molecule has 1 saturated carbocycles. The van der Waals surface area contributed by atoms with E-state index in [2.05, 4.69) is 48.6 Å². The second kappa shape index (κ2) is 12.9. The van der Waals surface area contributed by atoms with Gasteiger partial charge in [0.15, 0.2) is 0 Å². The van der Waals surface area contributed by atoms with Crippen LogP contribution in [0.25, 0.3) is 0 Å². The van der Waals surface area contributed by atoms with Crippen molar-refractivity contribution in [1.29, 1.82) is 0 Å². The van der Waals surface area contributed by atoms with E-state index in [-0.39, 0.29) is 29.8 Å². The number of rotatable bonds is 7. The standard InChI is InChI=1S/C33H39N3O3/c1-25(27-12-4-2-5-13-27)34-32(37)31-18-9-8-17-30(31)28-14-10-11-26(23-28)24-36(29-15-6-3-7-16-29)33(38)35-19-21-39-22-20-35/h2-7,10-16,23,25,30-31H,8-9,17-22,24H2,1H3,(H,34,37)/t25-,30?,31?/m0/s1. The number of hydrogen-bond acceptors (Lipinski definition) is 3. The normalized spacial score (nSPS) is 20.2. The number of ether oxygens (including phenoxy) is 1. The van der Waals surface area contributed by atoms with E-state index in [1.807, 2.05) is 58.3 Å². The van der Waals surface area contributed by atoms with Gasteiger partial charge in [-0.25, -0.2) is 4.79 Å². The molecule has 3 aromatic rings. The van der Waals surface area contributed by atoms with Gasteiger partial charge in [-0.05, 0) is 54.5 Å². The zero-order chi connectivity index (χ0) is 27.0. The third kappa shape index (κ3) is 6.69. The molecule has 3 aromatic carbocycles. The Morgan fingerprint density at radius 2 is 1.62 bits per heavy atom. The lowest BCUT2D eigenvalue weighted by Crippen LogP contribution is -2.48. The number of carbonyl (C=O) groups is 2. The molecule has 1 heterocycles. The molecule has 1 aliphatic carbocycles. The number of benzene rings is 3. The van der Waals surface area contributed by atoms with Crippen LogP contribution in [0.4, 0.5) is 10.5 Å². The number of amides is 3. The molecule has 0 spiro atoms. The number of nitrogens with one attached hydrogen (secondary N) is 1. The molecule has 5 rings (SSSR count). The van der Waals surface area contributed by atoms with Gasteiger partial charge in [0.05, 0.1) is 25.8 Å². The van der Waals surface area contributed by atoms with Crippen LogP contribution in [0, 0.1) is 5.92 Å². The van der Waals surface area contributed by atoms with Gasteiger partial charge in [0.25, 0.3) is 0 Å². The maximum absolute atomic E-state index is 13.6. The van der Waals surface area contributed by atoms with E-state index >= 15 is 0 Å². The molecule has 0 radical (unpaired) electrons. The van der Waals surface area contributed by atoms with Crippen molar-refractivity contribution in [2.75, 3.05) is 31.2 Å². The first-order chi connectivity index (χ1) is 19.1. The maximum atomic E-state index is 13.6. The van der Waals surface area contributed by atoms with Crippen LogP contribution in [0.15, 0.2) is 84.9 Å². The first-order valence-electron chi connectivity index (χ1n) is 14.2. The van der Waals surface area contributed by atoms with Crippen LogP contribution in [-0.4, -0.2) is 43.1 Å². The predicted molar refractivity (Wildman–Crippen MR) is 155 cm³/mol. The van der Waals surface area contributed by atoms with Gasteiger partial charge in [0.1, 0.15) is 0 Å². The van der Waals surface area contributed by atoms with E-state index in [0.29, 0.717) is 32.8 Å². The number of urea groups is 1. The molecule has 1 saturated heterocycles. The number of carbonyl (C=O) groups excluding carboxylic acids is 2. The lowest BCUT2D eigenvalue weighted by atomic mass is 9.74. The topological polar surface area (TPSA) is 61.9 Å². The third-order valence-electron chi connectivity index (χ3n) is 8.06. The van der Waals surface area contributed by atoms with Crippen molar-refractivity contribution in [1.82, 2.24) is 10.2 Å². The van der Waals surface area contributed by atoms with Crippen LogP contribution in [0.2, 0.25) is 0 Å². The van der Waals surface area contributed by atoms with Crippen molar-refractivity contribution in [3.63, 3.8) is 0 Å². The summed E-state index contributed by atoms with van der Waals surface area (Å²) in [6.07, 6.45) is 4.09. The van der Waals surface area contributed by atoms with Gasteiger partial charge in [-0.15, -0.1) is 0 Å². The first-order valence-corrected chi connectivity index (χ1v) is 14.2. The highest BCUT2D eigenvalue weighted by molar-refractivity contribution is 5.92. The Labute approximate surface area is 232 Å². The second-order valence-electron chi connectivity index (χ2n) is 10.7. The fraction of sp³-hybridized carbons (Fsp3) is 0.394. The highest BCUT2D eigenvalue weighted by Crippen LogP contribution is 2.39. The Balaban J connectivity index is 1.34. The summed E-state index contributed by atoms with van der Waals surface area (Å²) in [4.78, 5) is 30.8. The number of morpholine rings is 1. The zero-order valence-electron chi connectivity index (χ0n) is 22.8. The van der Waals surface area contributed by atoms with Crippen molar-refractivity contribution < 1.29 is 14.3 Å². The lowest BCUT2D eigenvalue weighted by molar-refractivity contribution is -0.127. The van der Waals surface area contributed by atoms with Crippen LogP contribution in [-0.2, 0) is 16.1 Å². The number of hydrogen-bond donors (Lipinski definition) is 1. The van der Waals surface area contributed by atoms with E-state index in [1.54, 1.807) is 0 Å². The number of anilines is 1. The van der Waals surface area contributed by atoms with E-state index < -0.39 is 0 Å². The van der Waals surface area contributed by atoms with E-state index in [0.717, 1.165) is 42.5 Å². The third-order valence-corrected chi connectivity index (χ3v) is 8.06. The molecule has 2 fully saturated rings. The van der Waals surface area contributed by atoms with Gasteiger partial charge in [-0.3, -0.25) is 9.69 Å². The highest BCUT2D eigenvalue weighted by Gasteiger charge is 2.33. The average molecular weight is 526 g/mol. The minimum Gasteiger partial charge on any atom is -0.378 e. The van der Waals surface area contributed by atoms with Gasteiger partial charge < -0.3 is 15.0 Å². The van der Waals surface area contributed by atoms with Gasteiger partial charge in [0.2, 0.25) is 5.91 Å². The quantitative estimate of drug-likeness (QED) is 0.394. The predicted octanol–water partition coefficient (Wildman–Crippen LogP) is 6.30. The molecule has 1 aliphatic heterocycles. The summed E-state index contributed by atoms with van der Waals surface area (Å²) in [5.41, 5.74) is 4.25. The Morgan fingerprint density at radius 1 is 0.923 bits per heavy atom. The number of nitrogens with zero attached hydrogens (tertiary/aromatic N) is 2. The Bertz CT molecular complexity index is 1230. The monoisotopic (exact) mass is 525 g/mol. The van der Waals surface area contributed by atoms with Crippen molar-refractivity contribution in [2.24, 2.45) is 5.92 Å². The number of para-hydroxylation sites is 1. The van der Waals surface area contributed by atoms with E-state index in [1.165, 1.54) is 5.56 Å². The summed E-state index contributed by atoms with van der Waals surface area (Å²) in [7, 11) is 0. The smallest absolute Gasteiger partial charge is 0.324 e. The van der Waals surface area contributed by atoms with Crippen molar-refractivity contribution >= 4 is 17.6 Å². The van der Waals surface area contributed by atoms with Gasteiger partial charge >= 0.3 is 6.03 Å². The van der Waals surface area contributed by atoms with Crippen molar-refractivity contribution in [3.05, 3.63) is 102 Å². The fourth-order valence-corrected chi connectivity index (χ4v) is 5.90. The SMILES string of the molecule is C[C@H](NC(=O)C1CCCCC1c1cccc(CN(C(=O)N2CCOCC2)c2ccccc2)c1)c1ccccc1.